The van der Waals surface area contributed by atoms with Crippen LogP contribution in [0.4, 0.5) is 0 Å². The topological polar surface area (TPSA) is 42.0 Å². The van der Waals surface area contributed by atoms with Crippen molar-refractivity contribution in [1.82, 2.24) is 9.80 Å². The molecule has 1 aliphatic rings. The van der Waals surface area contributed by atoms with Crippen LogP contribution in [0.15, 0.2) is 48.5 Å². The van der Waals surface area contributed by atoms with Crippen molar-refractivity contribution in [3.05, 3.63) is 64.7 Å². The van der Waals surface area contributed by atoms with Gasteiger partial charge in [-0.3, -0.25) is 9.69 Å². The normalized spacial score (nSPS) is 16.6. The predicted molar refractivity (Wildman–Crippen MR) is 129 cm³/mol. The lowest BCUT2D eigenvalue weighted by Crippen LogP contribution is -2.50. The molecule has 1 fully saturated rings. The van der Waals surface area contributed by atoms with Gasteiger partial charge in [0, 0.05) is 43.7 Å². The molecule has 2 atom stereocenters. The molecule has 0 radical (unpaired) electrons. The van der Waals surface area contributed by atoms with Gasteiger partial charge in [0.1, 0.15) is 5.75 Å². The molecule has 5 nitrogen and oxygen atoms in total. The van der Waals surface area contributed by atoms with Crippen LogP contribution in [0.1, 0.15) is 43.9 Å². The number of piperazine rings is 1. The Balaban J connectivity index is 1.62. The fourth-order valence-corrected chi connectivity index (χ4v) is 4.27. The molecule has 0 N–H and O–H groups in total. The zero-order valence-electron chi connectivity index (χ0n) is 19.4. The highest BCUT2D eigenvalue weighted by Gasteiger charge is 2.26. The number of rotatable bonds is 10. The molecule has 2 aromatic carbocycles. The van der Waals surface area contributed by atoms with Gasteiger partial charge in [-0.2, -0.15) is 0 Å². The van der Waals surface area contributed by atoms with Crippen LogP contribution in [-0.2, 0) is 16.1 Å². The number of benzene rings is 2. The van der Waals surface area contributed by atoms with Gasteiger partial charge >= 0.3 is 0 Å². The Morgan fingerprint density at radius 1 is 1.09 bits per heavy atom. The minimum Gasteiger partial charge on any atom is -0.497 e. The molecular weight excluding hydrogens is 424 g/mol. The Morgan fingerprint density at radius 3 is 2.47 bits per heavy atom. The highest BCUT2D eigenvalue weighted by atomic mass is 35.5. The summed E-state index contributed by atoms with van der Waals surface area (Å²) in [6.07, 6.45) is 1.91. The summed E-state index contributed by atoms with van der Waals surface area (Å²) in [5, 5.41) is 0.716. The number of methoxy groups -OCH3 is 1. The lowest BCUT2D eigenvalue weighted by Gasteiger charge is -2.37. The molecule has 0 aromatic heterocycles. The first-order valence-corrected chi connectivity index (χ1v) is 11.9. The van der Waals surface area contributed by atoms with Crippen LogP contribution in [0.25, 0.3) is 0 Å². The molecule has 6 heteroatoms. The van der Waals surface area contributed by atoms with E-state index in [0.29, 0.717) is 11.6 Å². The molecule has 2 aromatic rings. The van der Waals surface area contributed by atoms with Gasteiger partial charge in [-0.25, -0.2) is 0 Å². The molecule has 1 heterocycles. The molecule has 3 rings (SSSR count). The van der Waals surface area contributed by atoms with Gasteiger partial charge < -0.3 is 14.4 Å². The minimum atomic E-state index is -0.0836. The summed E-state index contributed by atoms with van der Waals surface area (Å²) in [5.74, 6) is 1.22. The van der Waals surface area contributed by atoms with E-state index in [0.717, 1.165) is 62.4 Å². The van der Waals surface area contributed by atoms with Crippen molar-refractivity contribution in [1.29, 1.82) is 0 Å². The summed E-state index contributed by atoms with van der Waals surface area (Å²) in [6.45, 7) is 8.71. The second-order valence-corrected chi connectivity index (χ2v) is 8.95. The van der Waals surface area contributed by atoms with E-state index in [9.17, 15) is 4.79 Å². The SMILES string of the molecule is CCC[C@H](C)C(=O)N1CCN(C[C@H](OCc2cccc(OC)c2)c2ccc(Cl)cc2)CC1. The summed E-state index contributed by atoms with van der Waals surface area (Å²) >= 11 is 6.11. The fraction of sp³-hybridized carbons (Fsp3) is 0.500. The first-order chi connectivity index (χ1) is 15.5. The zero-order valence-corrected chi connectivity index (χ0v) is 20.2. The van der Waals surface area contributed by atoms with E-state index < -0.39 is 0 Å². The predicted octanol–water partition coefficient (Wildman–Crippen LogP) is 5.19. The summed E-state index contributed by atoms with van der Waals surface area (Å²) in [4.78, 5) is 17.0. The van der Waals surface area contributed by atoms with Gasteiger partial charge in [-0.05, 0) is 41.8 Å². The van der Waals surface area contributed by atoms with Crippen LogP contribution in [0.2, 0.25) is 5.02 Å². The van der Waals surface area contributed by atoms with Crippen LogP contribution in [0.5, 0.6) is 5.75 Å². The van der Waals surface area contributed by atoms with Crippen molar-refractivity contribution in [3.8, 4) is 5.75 Å². The summed E-state index contributed by atoms with van der Waals surface area (Å²) in [5.41, 5.74) is 2.18. The maximum absolute atomic E-state index is 12.6. The molecule has 0 spiro atoms. The molecule has 1 saturated heterocycles. The van der Waals surface area contributed by atoms with Gasteiger partial charge in [-0.1, -0.05) is 56.1 Å². The minimum absolute atomic E-state index is 0.0836. The Hall–Kier alpha value is -2.08. The van der Waals surface area contributed by atoms with Crippen molar-refractivity contribution in [2.45, 2.75) is 39.4 Å². The van der Waals surface area contributed by atoms with E-state index in [1.807, 2.05) is 60.4 Å². The second kappa shape index (κ2) is 12.2. The fourth-order valence-electron chi connectivity index (χ4n) is 4.14. The maximum atomic E-state index is 12.6. The highest BCUT2D eigenvalue weighted by Crippen LogP contribution is 2.24. The molecule has 0 aliphatic carbocycles. The van der Waals surface area contributed by atoms with Crippen molar-refractivity contribution in [2.24, 2.45) is 5.92 Å². The monoisotopic (exact) mass is 458 g/mol. The van der Waals surface area contributed by atoms with Crippen LogP contribution in [-0.4, -0.2) is 55.5 Å². The van der Waals surface area contributed by atoms with Crippen molar-refractivity contribution < 1.29 is 14.3 Å². The Morgan fingerprint density at radius 2 is 1.81 bits per heavy atom. The number of hydrogen-bond acceptors (Lipinski definition) is 4. The van der Waals surface area contributed by atoms with Crippen LogP contribution >= 0.6 is 11.6 Å². The smallest absolute Gasteiger partial charge is 0.225 e. The first-order valence-electron chi connectivity index (χ1n) is 11.5. The van der Waals surface area contributed by atoms with Crippen molar-refractivity contribution in [3.63, 3.8) is 0 Å². The van der Waals surface area contributed by atoms with Crippen LogP contribution in [0.3, 0.4) is 0 Å². The highest BCUT2D eigenvalue weighted by molar-refractivity contribution is 6.30. The molecule has 0 bridgehead atoms. The number of amides is 1. The lowest BCUT2D eigenvalue weighted by atomic mass is 10.0. The summed E-state index contributed by atoms with van der Waals surface area (Å²) in [7, 11) is 1.67. The summed E-state index contributed by atoms with van der Waals surface area (Å²) < 4.78 is 11.7. The van der Waals surface area contributed by atoms with E-state index in [1.165, 1.54) is 0 Å². The van der Waals surface area contributed by atoms with E-state index in [1.54, 1.807) is 7.11 Å². The molecular formula is C26H35ClN2O3. The number of hydrogen-bond donors (Lipinski definition) is 0. The van der Waals surface area contributed by atoms with Gasteiger partial charge in [0.25, 0.3) is 0 Å². The van der Waals surface area contributed by atoms with Gasteiger partial charge in [0.05, 0.1) is 19.8 Å². The molecule has 1 aliphatic heterocycles. The van der Waals surface area contributed by atoms with E-state index in [-0.39, 0.29) is 17.9 Å². The number of carbonyl (C=O) groups is 1. The third-order valence-electron chi connectivity index (χ3n) is 6.08. The van der Waals surface area contributed by atoms with Gasteiger partial charge in [-0.15, -0.1) is 0 Å². The van der Waals surface area contributed by atoms with Gasteiger partial charge in [0.2, 0.25) is 5.91 Å². The van der Waals surface area contributed by atoms with Crippen molar-refractivity contribution in [2.75, 3.05) is 39.8 Å². The molecule has 174 valence electrons. The molecule has 1 amide bonds. The standard InChI is InChI=1S/C26H35ClN2O3/c1-4-6-20(2)26(30)29-15-13-28(14-16-29)18-25(22-9-11-23(27)12-10-22)32-19-21-7-5-8-24(17-21)31-3/h5,7-12,17,20,25H,4,6,13-16,18-19H2,1-3H3/t20-,25-/m0/s1. The number of halogens is 1. The second-order valence-electron chi connectivity index (χ2n) is 8.52. The number of ether oxygens (including phenoxy) is 2. The lowest BCUT2D eigenvalue weighted by molar-refractivity contribution is -0.137. The third-order valence-corrected chi connectivity index (χ3v) is 6.33. The van der Waals surface area contributed by atoms with Crippen LogP contribution < -0.4 is 4.74 Å². The Labute approximate surface area is 197 Å². The van der Waals surface area contributed by atoms with E-state index in [4.69, 9.17) is 21.1 Å². The molecule has 0 saturated carbocycles. The zero-order chi connectivity index (χ0) is 22.9. The molecule has 32 heavy (non-hydrogen) atoms. The van der Waals surface area contributed by atoms with Gasteiger partial charge in [0.15, 0.2) is 0 Å². The third kappa shape index (κ3) is 6.96. The molecule has 0 unspecified atom stereocenters. The van der Waals surface area contributed by atoms with Crippen LogP contribution in [0, 0.1) is 5.92 Å². The largest absolute Gasteiger partial charge is 0.497 e. The number of carbonyl (C=O) groups excluding carboxylic acids is 1. The average molecular weight is 459 g/mol. The first kappa shape index (κ1) is 24.6. The number of nitrogens with zero attached hydrogens (tertiary/aromatic N) is 2. The summed E-state index contributed by atoms with van der Waals surface area (Å²) in [6, 6.07) is 15.8. The average Bonchev–Trinajstić information content (AvgIpc) is 2.82. The van der Waals surface area contributed by atoms with E-state index >= 15 is 0 Å². The maximum Gasteiger partial charge on any atom is 0.225 e. The Bertz CT molecular complexity index is 850. The quantitative estimate of drug-likeness (QED) is 0.491. The van der Waals surface area contributed by atoms with E-state index in [2.05, 4.69) is 11.8 Å². The Kier molecular flexibility index (Phi) is 9.39. The van der Waals surface area contributed by atoms with Crippen molar-refractivity contribution >= 4 is 17.5 Å².